The Labute approximate surface area is 190 Å². The molecule has 0 radical (unpaired) electrons. The van der Waals surface area contributed by atoms with E-state index in [0.717, 1.165) is 41.5 Å². The van der Waals surface area contributed by atoms with Crippen LogP contribution in [-0.2, 0) is 17.9 Å². The Morgan fingerprint density at radius 3 is 2.55 bits per heavy atom. The molecule has 0 atom stereocenters. The highest BCUT2D eigenvalue weighted by atomic mass is 127. The average Bonchev–Trinajstić information content (AvgIpc) is 3.15. The monoisotopic (exact) mass is 508 g/mol. The Hall–Kier alpha value is -2.29. The van der Waals surface area contributed by atoms with Crippen molar-refractivity contribution < 1.29 is 9.53 Å². The van der Waals surface area contributed by atoms with E-state index in [2.05, 4.69) is 33.4 Å². The summed E-state index contributed by atoms with van der Waals surface area (Å²) in [6.45, 7) is 2.17. The van der Waals surface area contributed by atoms with Gasteiger partial charge in [0.05, 0.1) is 7.11 Å². The number of anilines is 1. The van der Waals surface area contributed by atoms with Gasteiger partial charge in [-0.3, -0.25) is 9.79 Å². The highest BCUT2D eigenvalue weighted by Gasteiger charge is 2.21. The van der Waals surface area contributed by atoms with Crippen LogP contribution in [0.1, 0.15) is 24.0 Å². The lowest BCUT2D eigenvalue weighted by molar-refractivity contribution is -0.117. The van der Waals surface area contributed by atoms with Gasteiger partial charge in [-0.15, -0.1) is 24.0 Å². The van der Waals surface area contributed by atoms with Crippen molar-refractivity contribution in [1.29, 1.82) is 0 Å². The minimum atomic E-state index is 0. The predicted molar refractivity (Wildman–Crippen MR) is 128 cm³/mol. The highest BCUT2D eigenvalue weighted by Crippen LogP contribution is 2.22. The molecule has 2 aromatic rings. The van der Waals surface area contributed by atoms with Crippen LogP contribution < -0.4 is 15.0 Å². The minimum Gasteiger partial charge on any atom is -0.496 e. The number of amides is 1. The van der Waals surface area contributed by atoms with Crippen LogP contribution in [0.3, 0.4) is 0 Å². The number of ether oxygens (including phenoxy) is 1. The maximum Gasteiger partial charge on any atom is 0.227 e. The molecular formula is C22H29IN4O2. The van der Waals surface area contributed by atoms with Gasteiger partial charge in [-0.1, -0.05) is 30.3 Å². The number of carbonyl (C=O) groups is 1. The largest absolute Gasteiger partial charge is 0.496 e. The Bertz CT molecular complexity index is 839. The molecular weight excluding hydrogens is 479 g/mol. The minimum absolute atomic E-state index is 0. The van der Waals surface area contributed by atoms with Crippen molar-refractivity contribution in [3.05, 3.63) is 59.7 Å². The van der Waals surface area contributed by atoms with Crippen LogP contribution in [0.25, 0.3) is 0 Å². The smallest absolute Gasteiger partial charge is 0.227 e. The van der Waals surface area contributed by atoms with Gasteiger partial charge in [-0.25, -0.2) is 0 Å². The number of nitrogens with zero attached hydrogens (tertiary/aromatic N) is 3. The van der Waals surface area contributed by atoms with E-state index in [4.69, 9.17) is 4.74 Å². The molecule has 0 bridgehead atoms. The summed E-state index contributed by atoms with van der Waals surface area (Å²) in [5.74, 6) is 1.89. The molecule has 0 aromatic heterocycles. The average molecular weight is 508 g/mol. The van der Waals surface area contributed by atoms with Crippen LogP contribution in [-0.4, -0.2) is 44.5 Å². The molecule has 7 heteroatoms. The first-order chi connectivity index (χ1) is 13.6. The van der Waals surface area contributed by atoms with Crippen molar-refractivity contribution in [2.75, 3.05) is 32.6 Å². The van der Waals surface area contributed by atoms with Gasteiger partial charge < -0.3 is 19.9 Å². The molecule has 0 unspecified atom stereocenters. The van der Waals surface area contributed by atoms with Gasteiger partial charge in [0, 0.05) is 51.4 Å². The summed E-state index contributed by atoms with van der Waals surface area (Å²) >= 11 is 0. The lowest BCUT2D eigenvalue weighted by Gasteiger charge is -2.23. The molecule has 1 saturated heterocycles. The molecule has 2 aromatic carbocycles. The fourth-order valence-electron chi connectivity index (χ4n) is 3.44. The fraction of sp³-hybridized carbons (Fsp3) is 0.364. The molecule has 3 rings (SSSR count). The molecule has 1 N–H and O–H groups in total. The van der Waals surface area contributed by atoms with Crippen molar-refractivity contribution in [3.8, 4) is 5.75 Å². The zero-order valence-electron chi connectivity index (χ0n) is 17.2. The number of carbonyl (C=O) groups excluding carboxylic acids is 1. The van der Waals surface area contributed by atoms with Crippen molar-refractivity contribution >= 4 is 41.5 Å². The first-order valence-electron chi connectivity index (χ1n) is 9.55. The molecule has 1 fully saturated rings. The van der Waals surface area contributed by atoms with E-state index in [9.17, 15) is 4.79 Å². The van der Waals surface area contributed by atoms with Gasteiger partial charge >= 0.3 is 0 Å². The van der Waals surface area contributed by atoms with Crippen molar-refractivity contribution in [3.63, 3.8) is 0 Å². The third-order valence-electron chi connectivity index (χ3n) is 4.95. The molecule has 0 spiro atoms. The van der Waals surface area contributed by atoms with Crippen molar-refractivity contribution in [2.45, 2.75) is 25.9 Å². The van der Waals surface area contributed by atoms with E-state index in [0.29, 0.717) is 19.5 Å². The Morgan fingerprint density at radius 1 is 1.21 bits per heavy atom. The van der Waals surface area contributed by atoms with Crippen molar-refractivity contribution in [1.82, 2.24) is 10.2 Å². The molecule has 0 aliphatic carbocycles. The summed E-state index contributed by atoms with van der Waals surface area (Å²) in [7, 11) is 5.47. The topological polar surface area (TPSA) is 57.2 Å². The van der Waals surface area contributed by atoms with E-state index in [1.807, 2.05) is 42.3 Å². The zero-order valence-corrected chi connectivity index (χ0v) is 19.6. The summed E-state index contributed by atoms with van der Waals surface area (Å²) in [5, 5.41) is 3.40. The quantitative estimate of drug-likeness (QED) is 0.368. The van der Waals surface area contributed by atoms with E-state index in [1.165, 1.54) is 0 Å². The number of methoxy groups -OCH3 is 1. The number of aliphatic imine (C=N–C) groups is 1. The van der Waals surface area contributed by atoms with E-state index in [-0.39, 0.29) is 29.9 Å². The molecule has 6 nitrogen and oxygen atoms in total. The summed E-state index contributed by atoms with van der Waals surface area (Å²) < 4.78 is 5.43. The molecule has 1 heterocycles. The fourth-order valence-corrected chi connectivity index (χ4v) is 3.44. The zero-order chi connectivity index (χ0) is 19.9. The number of nitrogens with one attached hydrogen (secondary N) is 1. The molecule has 0 saturated carbocycles. The molecule has 156 valence electrons. The second kappa shape index (κ2) is 11.0. The van der Waals surface area contributed by atoms with Crippen LogP contribution >= 0.6 is 24.0 Å². The SMILES string of the molecule is CN=C(NCc1ccc(N2CCCC2=O)cc1)N(C)Cc1ccccc1OC.I. The van der Waals surface area contributed by atoms with Gasteiger partial charge in [0.25, 0.3) is 0 Å². The Morgan fingerprint density at radius 2 is 1.93 bits per heavy atom. The maximum absolute atomic E-state index is 11.9. The summed E-state index contributed by atoms with van der Waals surface area (Å²) in [6, 6.07) is 16.1. The van der Waals surface area contributed by atoms with Gasteiger partial charge in [0.15, 0.2) is 5.96 Å². The summed E-state index contributed by atoms with van der Waals surface area (Å²) in [5.41, 5.74) is 3.22. The second-order valence-electron chi connectivity index (χ2n) is 6.88. The lowest BCUT2D eigenvalue weighted by atomic mass is 10.2. The van der Waals surface area contributed by atoms with Crippen molar-refractivity contribution in [2.24, 2.45) is 4.99 Å². The third-order valence-corrected chi connectivity index (χ3v) is 4.95. The van der Waals surface area contributed by atoms with E-state index < -0.39 is 0 Å². The van der Waals surface area contributed by atoms with Crippen LogP contribution in [0, 0.1) is 0 Å². The first-order valence-corrected chi connectivity index (χ1v) is 9.55. The maximum atomic E-state index is 11.9. The van der Waals surface area contributed by atoms with E-state index in [1.54, 1.807) is 14.2 Å². The number of halogens is 1. The number of para-hydroxylation sites is 1. The summed E-state index contributed by atoms with van der Waals surface area (Å²) in [4.78, 5) is 20.2. The van der Waals surface area contributed by atoms with Gasteiger partial charge in [-0.05, 0) is 30.2 Å². The standard InChI is InChI=1S/C22H28N4O2.HI/c1-23-22(25(2)16-18-7-4-5-8-20(18)28-3)24-15-17-10-12-19(13-11-17)26-14-6-9-21(26)27;/h4-5,7-8,10-13H,6,9,14-16H2,1-3H3,(H,23,24);1H. The Kier molecular flexibility index (Phi) is 8.75. The lowest BCUT2D eigenvalue weighted by Crippen LogP contribution is -2.38. The van der Waals surface area contributed by atoms with Crippen LogP contribution in [0.15, 0.2) is 53.5 Å². The van der Waals surface area contributed by atoms with Gasteiger partial charge in [0.2, 0.25) is 5.91 Å². The number of benzene rings is 2. The van der Waals surface area contributed by atoms with Crippen LogP contribution in [0.4, 0.5) is 5.69 Å². The normalized spacial score (nSPS) is 13.8. The van der Waals surface area contributed by atoms with E-state index >= 15 is 0 Å². The van der Waals surface area contributed by atoms with Gasteiger partial charge in [-0.2, -0.15) is 0 Å². The molecule has 29 heavy (non-hydrogen) atoms. The molecule has 1 aliphatic rings. The predicted octanol–water partition coefficient (Wildman–Crippen LogP) is 3.65. The molecule has 1 amide bonds. The molecule has 1 aliphatic heterocycles. The number of hydrogen-bond donors (Lipinski definition) is 1. The number of guanidine groups is 1. The third kappa shape index (κ3) is 5.85. The number of rotatable bonds is 6. The second-order valence-corrected chi connectivity index (χ2v) is 6.88. The summed E-state index contributed by atoms with van der Waals surface area (Å²) in [6.07, 6.45) is 1.59. The van der Waals surface area contributed by atoms with Crippen LogP contribution in [0.5, 0.6) is 5.75 Å². The highest BCUT2D eigenvalue weighted by molar-refractivity contribution is 14.0. The number of hydrogen-bond acceptors (Lipinski definition) is 3. The van der Waals surface area contributed by atoms with Gasteiger partial charge in [0.1, 0.15) is 5.75 Å². The van der Waals surface area contributed by atoms with Crippen LogP contribution in [0.2, 0.25) is 0 Å². The Balaban J connectivity index is 0.00000300. The first kappa shape index (κ1) is 23.0.